The van der Waals surface area contributed by atoms with Crippen LogP contribution in [-0.4, -0.2) is 14.9 Å². The van der Waals surface area contributed by atoms with Crippen LogP contribution in [0.2, 0.25) is 0 Å². The first kappa shape index (κ1) is 11.1. The lowest BCUT2D eigenvalue weighted by molar-refractivity contribution is 0.109. The minimum absolute atomic E-state index is 0.138. The van der Waals surface area contributed by atoms with Gasteiger partial charge in [-0.1, -0.05) is 27.7 Å². The van der Waals surface area contributed by atoms with Gasteiger partial charge in [0.25, 0.3) is 0 Å². The zero-order valence-electron chi connectivity index (χ0n) is 7.40. The Morgan fingerprint density at radius 2 is 1.55 bits per heavy atom. The standard InChI is InChI=1S/C7H16O3S/c1-5(2)7(6(3)4)10-11(8)9/h5-7H,1-4H3,(H,8,9). The molecule has 0 aliphatic rings. The Kier molecular flexibility index (Phi) is 4.88. The van der Waals surface area contributed by atoms with Crippen LogP contribution in [0, 0.1) is 11.8 Å². The molecule has 0 aromatic rings. The summed E-state index contributed by atoms with van der Waals surface area (Å²) < 4.78 is 23.6. The maximum absolute atomic E-state index is 10.3. The van der Waals surface area contributed by atoms with E-state index in [1.807, 2.05) is 27.7 Å². The second-order valence-corrected chi connectivity index (χ2v) is 3.89. The summed E-state index contributed by atoms with van der Waals surface area (Å²) in [5.41, 5.74) is 0. The van der Waals surface area contributed by atoms with Gasteiger partial charge in [0, 0.05) is 0 Å². The van der Waals surface area contributed by atoms with Crippen LogP contribution < -0.4 is 0 Å². The Labute approximate surface area is 70.6 Å². The average Bonchev–Trinajstić information content (AvgIpc) is 1.81. The molecule has 0 aromatic carbocycles. The normalized spacial score (nSPS) is 14.9. The Hall–Kier alpha value is 0.0700. The second kappa shape index (κ2) is 4.85. The molecule has 0 heterocycles. The van der Waals surface area contributed by atoms with Gasteiger partial charge in [-0.2, -0.15) is 4.21 Å². The van der Waals surface area contributed by atoms with Gasteiger partial charge in [-0.15, -0.1) is 0 Å². The van der Waals surface area contributed by atoms with Crippen LogP contribution in [0.4, 0.5) is 0 Å². The lowest BCUT2D eigenvalue weighted by Crippen LogP contribution is -2.26. The molecule has 0 bridgehead atoms. The monoisotopic (exact) mass is 180 g/mol. The molecule has 0 saturated heterocycles. The lowest BCUT2D eigenvalue weighted by atomic mass is 9.97. The highest BCUT2D eigenvalue weighted by atomic mass is 32.2. The van der Waals surface area contributed by atoms with Crippen molar-refractivity contribution in [3.63, 3.8) is 0 Å². The van der Waals surface area contributed by atoms with Crippen LogP contribution in [0.5, 0.6) is 0 Å². The fourth-order valence-corrected chi connectivity index (χ4v) is 1.72. The van der Waals surface area contributed by atoms with Gasteiger partial charge in [0.15, 0.2) is 0 Å². The molecular formula is C7H16O3S. The van der Waals surface area contributed by atoms with Gasteiger partial charge in [-0.25, -0.2) is 0 Å². The highest BCUT2D eigenvalue weighted by Gasteiger charge is 2.20. The number of hydrogen-bond donors (Lipinski definition) is 1. The molecule has 4 heteroatoms. The van der Waals surface area contributed by atoms with Crippen molar-refractivity contribution in [1.29, 1.82) is 0 Å². The van der Waals surface area contributed by atoms with Crippen LogP contribution in [0.1, 0.15) is 27.7 Å². The molecule has 0 rings (SSSR count). The molecule has 0 radical (unpaired) electrons. The highest BCUT2D eigenvalue weighted by molar-refractivity contribution is 7.74. The summed E-state index contributed by atoms with van der Waals surface area (Å²) in [6.07, 6.45) is -0.138. The quantitative estimate of drug-likeness (QED) is 0.671. The molecule has 3 nitrogen and oxygen atoms in total. The van der Waals surface area contributed by atoms with Crippen LogP contribution >= 0.6 is 0 Å². The van der Waals surface area contributed by atoms with E-state index in [4.69, 9.17) is 8.74 Å². The summed E-state index contributed by atoms with van der Waals surface area (Å²) in [4.78, 5) is 0. The number of rotatable bonds is 4. The van der Waals surface area contributed by atoms with Gasteiger partial charge in [0.05, 0.1) is 6.10 Å². The number of hydrogen-bond acceptors (Lipinski definition) is 2. The maximum atomic E-state index is 10.3. The molecule has 0 saturated carbocycles. The van der Waals surface area contributed by atoms with E-state index in [9.17, 15) is 4.21 Å². The molecule has 0 aromatic heterocycles. The van der Waals surface area contributed by atoms with Crippen molar-refractivity contribution in [3.8, 4) is 0 Å². The van der Waals surface area contributed by atoms with E-state index >= 15 is 0 Å². The summed E-state index contributed by atoms with van der Waals surface area (Å²) in [5.74, 6) is 0.539. The van der Waals surface area contributed by atoms with Crippen molar-refractivity contribution < 1.29 is 12.9 Å². The van der Waals surface area contributed by atoms with E-state index in [2.05, 4.69) is 0 Å². The molecule has 0 amide bonds. The molecule has 0 aliphatic carbocycles. The van der Waals surface area contributed by atoms with Gasteiger partial charge >= 0.3 is 11.4 Å². The Morgan fingerprint density at radius 3 is 1.64 bits per heavy atom. The summed E-state index contributed by atoms with van der Waals surface area (Å²) in [5, 5.41) is 0. The Bertz CT molecular complexity index is 126. The van der Waals surface area contributed by atoms with E-state index in [0.717, 1.165) is 0 Å². The van der Waals surface area contributed by atoms with Crippen molar-refractivity contribution in [2.75, 3.05) is 0 Å². The van der Waals surface area contributed by atoms with Crippen molar-refractivity contribution in [1.82, 2.24) is 0 Å². The minimum Gasteiger partial charge on any atom is -0.284 e. The molecule has 1 N–H and O–H groups in total. The summed E-state index contributed by atoms with van der Waals surface area (Å²) in [7, 11) is 0. The molecule has 0 spiro atoms. The van der Waals surface area contributed by atoms with E-state index < -0.39 is 11.4 Å². The SMILES string of the molecule is CC(C)C(OS(=O)O)C(C)C. The predicted molar refractivity (Wildman–Crippen MR) is 45.3 cm³/mol. The molecule has 11 heavy (non-hydrogen) atoms. The third kappa shape index (κ3) is 4.50. The average molecular weight is 180 g/mol. The van der Waals surface area contributed by atoms with Crippen LogP contribution in [0.3, 0.4) is 0 Å². The van der Waals surface area contributed by atoms with Crippen molar-refractivity contribution in [3.05, 3.63) is 0 Å². The van der Waals surface area contributed by atoms with Crippen molar-refractivity contribution in [2.45, 2.75) is 33.8 Å². The van der Waals surface area contributed by atoms with E-state index in [1.165, 1.54) is 0 Å². The largest absolute Gasteiger partial charge is 0.302 e. The van der Waals surface area contributed by atoms with E-state index in [1.54, 1.807) is 0 Å². The second-order valence-electron chi connectivity index (χ2n) is 3.27. The zero-order chi connectivity index (χ0) is 9.02. The minimum atomic E-state index is -2.14. The van der Waals surface area contributed by atoms with Gasteiger partial charge in [0.1, 0.15) is 0 Å². The fraction of sp³-hybridized carbons (Fsp3) is 1.00. The lowest BCUT2D eigenvalue weighted by Gasteiger charge is -2.22. The third-order valence-corrected chi connectivity index (χ3v) is 1.89. The molecule has 0 fully saturated rings. The van der Waals surface area contributed by atoms with Crippen LogP contribution in [-0.2, 0) is 15.5 Å². The van der Waals surface area contributed by atoms with Gasteiger partial charge in [-0.05, 0) is 11.8 Å². The van der Waals surface area contributed by atoms with Crippen molar-refractivity contribution in [2.24, 2.45) is 11.8 Å². The van der Waals surface area contributed by atoms with Gasteiger partial charge in [0.2, 0.25) is 0 Å². The fourth-order valence-electron chi connectivity index (χ4n) is 1.09. The highest BCUT2D eigenvalue weighted by Crippen LogP contribution is 2.16. The first-order chi connectivity index (χ1) is 4.95. The zero-order valence-corrected chi connectivity index (χ0v) is 8.22. The maximum Gasteiger partial charge on any atom is 0.302 e. The van der Waals surface area contributed by atoms with Gasteiger partial charge < -0.3 is 0 Å². The molecule has 1 unspecified atom stereocenters. The summed E-state index contributed by atoms with van der Waals surface area (Å²) in [6.45, 7) is 7.88. The van der Waals surface area contributed by atoms with Gasteiger partial charge in [-0.3, -0.25) is 8.74 Å². The first-order valence-corrected chi connectivity index (χ1v) is 4.76. The Morgan fingerprint density at radius 1 is 1.18 bits per heavy atom. The third-order valence-electron chi connectivity index (χ3n) is 1.51. The van der Waals surface area contributed by atoms with Crippen LogP contribution in [0.25, 0.3) is 0 Å². The van der Waals surface area contributed by atoms with E-state index in [0.29, 0.717) is 0 Å². The Balaban J connectivity index is 4.00. The molecular weight excluding hydrogens is 164 g/mol. The van der Waals surface area contributed by atoms with Crippen LogP contribution in [0.15, 0.2) is 0 Å². The van der Waals surface area contributed by atoms with E-state index in [-0.39, 0.29) is 17.9 Å². The molecule has 1 atom stereocenters. The summed E-state index contributed by atoms with van der Waals surface area (Å²) >= 11 is -2.14. The molecule has 68 valence electrons. The summed E-state index contributed by atoms with van der Waals surface area (Å²) in [6, 6.07) is 0. The first-order valence-electron chi connectivity index (χ1n) is 3.73. The predicted octanol–water partition coefficient (Wildman–Crippen LogP) is 1.82. The smallest absolute Gasteiger partial charge is 0.284 e. The molecule has 0 aliphatic heterocycles. The van der Waals surface area contributed by atoms with Crippen molar-refractivity contribution >= 4 is 11.4 Å². The topological polar surface area (TPSA) is 46.5 Å².